The molecule has 1 unspecified atom stereocenters. The lowest BCUT2D eigenvalue weighted by Crippen LogP contribution is -2.33. The summed E-state index contributed by atoms with van der Waals surface area (Å²) in [6.45, 7) is 6.11. The van der Waals surface area contributed by atoms with Crippen molar-refractivity contribution >= 4 is 17.4 Å². The Hall–Kier alpha value is -3.41. The summed E-state index contributed by atoms with van der Waals surface area (Å²) in [4.78, 5) is 14.7. The van der Waals surface area contributed by atoms with E-state index in [0.29, 0.717) is 11.4 Å². The molecule has 4 rings (SSSR count). The molecule has 1 amide bonds. The monoisotopic (exact) mass is 416 g/mol. The molecule has 0 spiro atoms. The Bertz CT molecular complexity index is 982. The predicted octanol–water partition coefficient (Wildman–Crippen LogP) is 4.79. The van der Waals surface area contributed by atoms with Crippen LogP contribution in [-0.4, -0.2) is 35.3 Å². The largest absolute Gasteiger partial charge is 0.481 e. The third-order valence-electron chi connectivity index (χ3n) is 5.63. The molecule has 2 aromatic carbocycles. The zero-order chi connectivity index (χ0) is 21.6. The average Bonchev–Trinajstić information content (AvgIpc) is 2.81. The Labute approximate surface area is 183 Å². The number of hydrogen-bond acceptors (Lipinski definition) is 5. The van der Waals surface area contributed by atoms with Crippen LogP contribution in [0.3, 0.4) is 0 Å². The summed E-state index contributed by atoms with van der Waals surface area (Å²) in [7, 11) is 0. The van der Waals surface area contributed by atoms with Gasteiger partial charge in [-0.3, -0.25) is 4.79 Å². The van der Waals surface area contributed by atoms with E-state index >= 15 is 0 Å². The van der Waals surface area contributed by atoms with Gasteiger partial charge in [-0.25, -0.2) is 0 Å². The third kappa shape index (κ3) is 5.40. The molecule has 2 heterocycles. The van der Waals surface area contributed by atoms with Crippen LogP contribution in [0.1, 0.15) is 26.7 Å². The summed E-state index contributed by atoms with van der Waals surface area (Å²) in [5, 5.41) is 11.7. The maximum atomic E-state index is 12.4. The summed E-state index contributed by atoms with van der Waals surface area (Å²) in [6, 6.07) is 21.0. The molecule has 1 N–H and O–H groups in total. The number of ether oxygens (including phenoxy) is 1. The molecule has 31 heavy (non-hydrogen) atoms. The van der Waals surface area contributed by atoms with Crippen molar-refractivity contribution in [3.8, 4) is 17.0 Å². The number of carbonyl (C=O) groups excluding carboxylic acids is 1. The summed E-state index contributed by atoms with van der Waals surface area (Å²) >= 11 is 0. The van der Waals surface area contributed by atoms with E-state index in [2.05, 4.69) is 27.3 Å². The molecule has 160 valence electrons. The van der Waals surface area contributed by atoms with Crippen LogP contribution < -0.4 is 15.0 Å². The van der Waals surface area contributed by atoms with Gasteiger partial charge in [0.15, 0.2) is 11.9 Å². The number of nitrogens with zero attached hydrogens (tertiary/aromatic N) is 3. The Morgan fingerprint density at radius 1 is 1.00 bits per heavy atom. The van der Waals surface area contributed by atoms with Crippen LogP contribution in [0.5, 0.6) is 5.75 Å². The molecule has 0 aliphatic carbocycles. The van der Waals surface area contributed by atoms with Crippen molar-refractivity contribution in [2.24, 2.45) is 5.92 Å². The summed E-state index contributed by atoms with van der Waals surface area (Å²) in [5.41, 5.74) is 2.48. The van der Waals surface area contributed by atoms with Crippen LogP contribution in [0.2, 0.25) is 0 Å². The summed E-state index contributed by atoms with van der Waals surface area (Å²) < 4.78 is 5.67. The minimum absolute atomic E-state index is 0.198. The first-order valence-electron chi connectivity index (χ1n) is 10.8. The minimum Gasteiger partial charge on any atom is -0.481 e. The van der Waals surface area contributed by atoms with Crippen LogP contribution in [-0.2, 0) is 4.79 Å². The Morgan fingerprint density at radius 2 is 1.71 bits per heavy atom. The van der Waals surface area contributed by atoms with E-state index in [0.717, 1.165) is 36.1 Å². The van der Waals surface area contributed by atoms with Crippen molar-refractivity contribution in [2.45, 2.75) is 32.8 Å². The Morgan fingerprint density at radius 3 is 2.35 bits per heavy atom. The number of carbonyl (C=O) groups is 1. The fourth-order valence-corrected chi connectivity index (χ4v) is 3.61. The van der Waals surface area contributed by atoms with E-state index in [1.165, 1.54) is 12.8 Å². The van der Waals surface area contributed by atoms with E-state index in [-0.39, 0.29) is 5.91 Å². The first-order chi connectivity index (χ1) is 15.1. The van der Waals surface area contributed by atoms with Gasteiger partial charge in [0, 0.05) is 24.3 Å². The molecule has 1 aliphatic rings. The number of nitrogens with one attached hydrogen (secondary N) is 1. The Balaban J connectivity index is 1.35. The van der Waals surface area contributed by atoms with Crippen molar-refractivity contribution in [2.75, 3.05) is 23.3 Å². The molecule has 1 saturated heterocycles. The number of piperidine rings is 1. The fraction of sp³-hybridized carbons (Fsp3) is 0.320. The molecule has 0 bridgehead atoms. The normalized spacial score (nSPS) is 15.4. The second-order valence-corrected chi connectivity index (χ2v) is 8.09. The lowest BCUT2D eigenvalue weighted by atomic mass is 9.99. The molecule has 6 heteroatoms. The SMILES string of the molecule is CC1CCN(c2ccc(-c3ccc(NC(=O)C(C)Oc4ccccc4)cc3)nn2)CC1. The van der Waals surface area contributed by atoms with E-state index in [1.807, 2.05) is 66.7 Å². The standard InChI is InChI=1S/C25H28N4O2/c1-18-14-16-29(17-15-18)24-13-12-23(27-28-24)20-8-10-21(11-9-20)26-25(30)19(2)31-22-6-4-3-5-7-22/h3-13,18-19H,14-17H2,1-2H3,(H,26,30). The molecule has 0 radical (unpaired) electrons. The van der Waals surface area contributed by atoms with Crippen LogP contribution in [0.15, 0.2) is 66.7 Å². The van der Waals surface area contributed by atoms with E-state index in [4.69, 9.17) is 4.74 Å². The number of amides is 1. The molecule has 0 saturated carbocycles. The van der Waals surface area contributed by atoms with E-state index < -0.39 is 6.10 Å². The highest BCUT2D eigenvalue weighted by atomic mass is 16.5. The number of aromatic nitrogens is 2. The lowest BCUT2D eigenvalue weighted by Gasteiger charge is -2.30. The molecule has 1 atom stereocenters. The van der Waals surface area contributed by atoms with Gasteiger partial charge >= 0.3 is 0 Å². The highest BCUT2D eigenvalue weighted by Crippen LogP contribution is 2.24. The van der Waals surface area contributed by atoms with Gasteiger partial charge in [-0.15, -0.1) is 10.2 Å². The summed E-state index contributed by atoms with van der Waals surface area (Å²) in [6.07, 6.45) is 1.80. The van der Waals surface area contributed by atoms with Gasteiger partial charge in [-0.1, -0.05) is 37.3 Å². The molecular weight excluding hydrogens is 388 g/mol. The zero-order valence-electron chi connectivity index (χ0n) is 18.0. The van der Waals surface area contributed by atoms with Gasteiger partial charge in [-0.05, 0) is 62.1 Å². The highest BCUT2D eigenvalue weighted by molar-refractivity contribution is 5.94. The molecular formula is C25H28N4O2. The van der Waals surface area contributed by atoms with Crippen molar-refractivity contribution in [3.63, 3.8) is 0 Å². The van der Waals surface area contributed by atoms with Crippen LogP contribution in [0.25, 0.3) is 11.3 Å². The van der Waals surface area contributed by atoms with Crippen LogP contribution in [0.4, 0.5) is 11.5 Å². The van der Waals surface area contributed by atoms with Gasteiger partial charge in [0.1, 0.15) is 5.75 Å². The van der Waals surface area contributed by atoms with Crippen molar-refractivity contribution in [1.29, 1.82) is 0 Å². The zero-order valence-corrected chi connectivity index (χ0v) is 18.0. The van der Waals surface area contributed by atoms with Gasteiger partial charge in [0.2, 0.25) is 0 Å². The molecule has 3 aromatic rings. The first kappa shape index (κ1) is 20.8. The van der Waals surface area contributed by atoms with E-state index in [9.17, 15) is 4.79 Å². The maximum absolute atomic E-state index is 12.4. The molecule has 1 aliphatic heterocycles. The second kappa shape index (κ2) is 9.60. The number of para-hydroxylation sites is 1. The quantitative estimate of drug-likeness (QED) is 0.626. The molecule has 1 fully saturated rings. The average molecular weight is 417 g/mol. The smallest absolute Gasteiger partial charge is 0.265 e. The maximum Gasteiger partial charge on any atom is 0.265 e. The number of rotatable bonds is 6. The topological polar surface area (TPSA) is 67.4 Å². The van der Waals surface area contributed by atoms with Gasteiger partial charge in [0.05, 0.1) is 5.69 Å². The van der Waals surface area contributed by atoms with Crippen molar-refractivity contribution in [3.05, 3.63) is 66.7 Å². The van der Waals surface area contributed by atoms with Gasteiger partial charge in [-0.2, -0.15) is 0 Å². The second-order valence-electron chi connectivity index (χ2n) is 8.09. The lowest BCUT2D eigenvalue weighted by molar-refractivity contribution is -0.122. The number of hydrogen-bond donors (Lipinski definition) is 1. The molecule has 1 aromatic heterocycles. The van der Waals surface area contributed by atoms with Crippen molar-refractivity contribution < 1.29 is 9.53 Å². The molecule has 6 nitrogen and oxygen atoms in total. The highest BCUT2D eigenvalue weighted by Gasteiger charge is 2.18. The van der Waals surface area contributed by atoms with E-state index in [1.54, 1.807) is 6.92 Å². The predicted molar refractivity (Wildman–Crippen MR) is 123 cm³/mol. The first-order valence-corrected chi connectivity index (χ1v) is 10.8. The van der Waals surface area contributed by atoms with Gasteiger partial charge < -0.3 is 15.0 Å². The third-order valence-corrected chi connectivity index (χ3v) is 5.63. The number of anilines is 2. The Kier molecular flexibility index (Phi) is 6.46. The number of benzene rings is 2. The minimum atomic E-state index is -0.599. The van der Waals surface area contributed by atoms with Gasteiger partial charge in [0.25, 0.3) is 5.91 Å². The fourth-order valence-electron chi connectivity index (χ4n) is 3.61. The van der Waals surface area contributed by atoms with Crippen molar-refractivity contribution in [1.82, 2.24) is 10.2 Å². The van der Waals surface area contributed by atoms with Crippen LogP contribution >= 0.6 is 0 Å². The summed E-state index contributed by atoms with van der Waals surface area (Å²) in [5.74, 6) is 2.19. The van der Waals surface area contributed by atoms with Crippen LogP contribution in [0, 0.1) is 5.92 Å².